The second-order valence-corrected chi connectivity index (χ2v) is 23.8. The number of carbonyl (C=O) groups is 2. The maximum Gasteiger partial charge on any atom is 0.165 e. The molecule has 0 unspecified atom stereocenters. The van der Waals surface area contributed by atoms with Crippen LogP contribution in [0.3, 0.4) is 0 Å². The van der Waals surface area contributed by atoms with Gasteiger partial charge in [0.25, 0.3) is 0 Å². The Kier molecular flexibility index (Phi) is 55.4. The van der Waals surface area contributed by atoms with E-state index in [9.17, 15) is 9.59 Å². The van der Waals surface area contributed by atoms with Crippen LogP contribution >= 0.6 is 0 Å². The van der Waals surface area contributed by atoms with Gasteiger partial charge in [-0.3, -0.25) is 9.59 Å². The minimum absolute atomic E-state index is 0.0948. The zero-order valence-corrected chi connectivity index (χ0v) is 52.4. The summed E-state index contributed by atoms with van der Waals surface area (Å²) in [5.74, 6) is 7.07. The second kappa shape index (κ2) is 52.3. The van der Waals surface area contributed by atoms with Crippen LogP contribution in [-0.4, -0.2) is 11.6 Å². The highest BCUT2D eigenvalue weighted by molar-refractivity contribution is 5.97. The number of ketones is 2. The number of benzene rings is 5. The molecule has 0 N–H and O–H groups in total. The first-order valence-electron chi connectivity index (χ1n) is 28.3. The molecule has 5 rings (SSSR count). The fourth-order valence-corrected chi connectivity index (χ4v) is 4.91. The lowest BCUT2D eigenvalue weighted by atomic mass is 10.0. The van der Waals surface area contributed by atoms with Gasteiger partial charge < -0.3 is 0 Å². The van der Waals surface area contributed by atoms with Crippen LogP contribution in [0.2, 0.25) is 0 Å². The first-order chi connectivity index (χ1) is 34.0. The first-order valence-corrected chi connectivity index (χ1v) is 28.3. The highest BCUT2D eigenvalue weighted by Crippen LogP contribution is 2.12. The van der Waals surface area contributed by atoms with Crippen LogP contribution in [0.1, 0.15) is 229 Å². The molecule has 0 fully saturated rings. The molecular formula is C71H118O2. The van der Waals surface area contributed by atoms with Gasteiger partial charge in [-0.15, -0.1) is 0 Å². The molecule has 2 heteroatoms. The van der Waals surface area contributed by atoms with E-state index in [1.54, 1.807) is 0 Å². The summed E-state index contributed by atoms with van der Waals surface area (Å²) in [6.07, 6.45) is 5.03. The molecule has 5 aromatic carbocycles. The van der Waals surface area contributed by atoms with Crippen molar-refractivity contribution in [2.24, 2.45) is 53.3 Å². The summed E-state index contributed by atoms with van der Waals surface area (Å²) in [6, 6.07) is 50.6. The van der Waals surface area contributed by atoms with E-state index in [1.165, 1.54) is 42.4 Å². The average molecular weight is 1000 g/mol. The molecule has 0 saturated carbocycles. The minimum atomic E-state index is 0.0948. The number of hydrogen-bond acceptors (Lipinski definition) is 2. The topological polar surface area (TPSA) is 34.1 Å². The van der Waals surface area contributed by atoms with Crippen LogP contribution in [0.25, 0.3) is 0 Å². The highest BCUT2D eigenvalue weighted by Gasteiger charge is 2.09. The molecule has 0 spiro atoms. The minimum Gasteiger partial charge on any atom is -0.294 e. The van der Waals surface area contributed by atoms with Crippen LogP contribution in [0.15, 0.2) is 152 Å². The van der Waals surface area contributed by atoms with E-state index in [1.807, 2.05) is 94.4 Å². The molecule has 73 heavy (non-hydrogen) atoms. The molecule has 0 radical (unpaired) electrons. The van der Waals surface area contributed by atoms with Crippen LogP contribution in [0.5, 0.6) is 0 Å². The fourth-order valence-electron chi connectivity index (χ4n) is 4.91. The van der Waals surface area contributed by atoms with Crippen molar-refractivity contribution >= 4 is 11.6 Å². The molecule has 2 nitrogen and oxygen atoms in total. The Balaban J connectivity index is -0.000000242. The van der Waals surface area contributed by atoms with Crippen molar-refractivity contribution in [1.29, 1.82) is 0 Å². The molecule has 414 valence electrons. The lowest BCUT2D eigenvalue weighted by molar-refractivity contribution is 0.0932. The smallest absolute Gasteiger partial charge is 0.165 e. The quantitative estimate of drug-likeness (QED) is 0.124. The van der Waals surface area contributed by atoms with Gasteiger partial charge >= 0.3 is 0 Å². The van der Waals surface area contributed by atoms with Crippen molar-refractivity contribution in [3.8, 4) is 0 Å². The summed E-state index contributed by atoms with van der Waals surface area (Å²) in [5.41, 5.74) is 5.95. The molecule has 0 amide bonds. The van der Waals surface area contributed by atoms with Crippen LogP contribution in [0, 0.1) is 53.3 Å². The van der Waals surface area contributed by atoms with Gasteiger partial charge in [-0.05, 0) is 89.7 Å². The zero-order chi connectivity index (χ0) is 57.3. The Morgan fingerprint density at radius 3 is 0.644 bits per heavy atom. The Hall–Kier alpha value is -4.56. The predicted molar refractivity (Wildman–Crippen MR) is 334 cm³/mol. The van der Waals surface area contributed by atoms with Crippen molar-refractivity contribution < 1.29 is 9.59 Å². The van der Waals surface area contributed by atoms with Gasteiger partial charge in [0.15, 0.2) is 11.6 Å². The third kappa shape index (κ3) is 67.4. The van der Waals surface area contributed by atoms with Gasteiger partial charge in [0, 0.05) is 23.0 Å². The lowest BCUT2D eigenvalue weighted by Crippen LogP contribution is -2.06. The maximum absolute atomic E-state index is 11.3. The maximum atomic E-state index is 11.3. The third-order valence-corrected chi connectivity index (χ3v) is 8.34. The Labute approximate surface area is 456 Å². The Morgan fingerprint density at radius 1 is 0.288 bits per heavy atom. The van der Waals surface area contributed by atoms with E-state index in [-0.39, 0.29) is 23.4 Å². The number of carbonyl (C=O) groups excluding carboxylic acids is 2. The molecule has 5 aromatic rings. The molecule has 0 bridgehead atoms. The van der Waals surface area contributed by atoms with Crippen LogP contribution in [0.4, 0.5) is 0 Å². The summed E-state index contributed by atoms with van der Waals surface area (Å²) in [7, 11) is 0. The molecule has 0 aliphatic rings. The van der Waals surface area contributed by atoms with E-state index in [0.717, 1.165) is 52.6 Å². The Bertz CT molecular complexity index is 1680. The summed E-state index contributed by atoms with van der Waals surface area (Å²) >= 11 is 0. The van der Waals surface area contributed by atoms with E-state index >= 15 is 0 Å². The van der Waals surface area contributed by atoms with Crippen LogP contribution in [-0.2, 0) is 12.8 Å². The molecule has 0 heterocycles. The first kappa shape index (κ1) is 77.3. The van der Waals surface area contributed by atoms with Gasteiger partial charge in [0.1, 0.15) is 0 Å². The van der Waals surface area contributed by atoms with Gasteiger partial charge in [0.05, 0.1) is 0 Å². The summed E-state index contributed by atoms with van der Waals surface area (Å²) in [4.78, 5) is 22.7. The SMILES string of the molecule is CC(C)C.CC(C)C.CC(C)C.CC(C)C.CC(C)C.CC(C)C(=O)c1ccccc1.CC(C)C(=O)c1ccccc1.CC(C)CCc1ccccc1.CC(C)CCc1ccccc1.CC(C)c1ccccc1. The zero-order valence-electron chi connectivity index (χ0n) is 52.4. The normalized spacial score (nSPS) is 9.90. The van der Waals surface area contributed by atoms with Crippen molar-refractivity contribution in [1.82, 2.24) is 0 Å². The van der Waals surface area contributed by atoms with Gasteiger partial charge in [0.2, 0.25) is 0 Å². The standard InChI is InChI=1S/2C11H16.2C10H12O.C9H12.5C4H10/c2*1-10(2)8-9-11-6-4-3-5-7-11;2*1-8(2)10(11)9-6-4-3-5-7-9;1-8(2)9-6-4-3-5-7-9;5*1-4(2)3/h2*3-7,10H,8-9H2,1-2H3;2*3-8H,1-2H3;3-8H,1-2H3;5*4H,1-3H3. The Morgan fingerprint density at radius 2 is 0.479 bits per heavy atom. The summed E-state index contributed by atoms with van der Waals surface area (Å²) < 4.78 is 0. The van der Waals surface area contributed by atoms with E-state index < -0.39 is 0 Å². The molecular weight excluding hydrogens is 885 g/mol. The van der Waals surface area contributed by atoms with E-state index in [0.29, 0.717) is 5.92 Å². The van der Waals surface area contributed by atoms with Crippen molar-refractivity contribution in [3.05, 3.63) is 179 Å². The van der Waals surface area contributed by atoms with E-state index in [4.69, 9.17) is 0 Å². The second-order valence-electron chi connectivity index (χ2n) is 23.8. The monoisotopic (exact) mass is 1000 g/mol. The molecule has 0 aliphatic carbocycles. The van der Waals surface area contributed by atoms with Crippen molar-refractivity contribution in [2.45, 2.75) is 205 Å². The molecule has 0 aliphatic heterocycles. The van der Waals surface area contributed by atoms with Crippen LogP contribution < -0.4 is 0 Å². The van der Waals surface area contributed by atoms with Gasteiger partial charge in [-0.2, -0.15) is 0 Å². The number of aryl methyl sites for hydroxylation is 2. The molecule has 0 saturated heterocycles. The molecule has 0 atom stereocenters. The average Bonchev–Trinajstić information content (AvgIpc) is 3.31. The highest BCUT2D eigenvalue weighted by atomic mass is 16.1. The van der Waals surface area contributed by atoms with Gasteiger partial charge in [-0.25, -0.2) is 0 Å². The summed E-state index contributed by atoms with van der Waals surface area (Å²) in [6.45, 7) is 53.6. The molecule has 0 aromatic heterocycles. The summed E-state index contributed by atoms with van der Waals surface area (Å²) in [5, 5.41) is 0. The third-order valence-electron chi connectivity index (χ3n) is 8.34. The lowest BCUT2D eigenvalue weighted by Gasteiger charge is -2.03. The number of rotatable bonds is 11. The van der Waals surface area contributed by atoms with E-state index in [2.05, 4.69) is 230 Å². The largest absolute Gasteiger partial charge is 0.294 e. The predicted octanol–water partition coefficient (Wildman–Crippen LogP) is 22.7. The number of Topliss-reactive ketones (excluding diaryl/α,β-unsaturated/α-hetero) is 2. The van der Waals surface area contributed by atoms with Gasteiger partial charge in [-0.1, -0.05) is 325 Å². The fraction of sp³-hybridized carbons (Fsp3) is 0.549. The van der Waals surface area contributed by atoms with Crippen molar-refractivity contribution in [3.63, 3.8) is 0 Å². The van der Waals surface area contributed by atoms with Crippen molar-refractivity contribution in [2.75, 3.05) is 0 Å². The number of hydrogen-bond donors (Lipinski definition) is 0.